The summed E-state index contributed by atoms with van der Waals surface area (Å²) in [4.78, 5) is 21.4. The van der Waals surface area contributed by atoms with Gasteiger partial charge in [-0.15, -0.1) is 0 Å². The van der Waals surface area contributed by atoms with Crippen molar-refractivity contribution in [2.75, 3.05) is 6.61 Å². The molecular formula is C14H19NO5. The Kier molecular flexibility index (Phi) is 5.99. The largest absolute Gasteiger partial charge is 0.482 e. The molecule has 1 aromatic carbocycles. The quantitative estimate of drug-likeness (QED) is 0.665. The SMILES string of the molecule is CC(C)C(NCc1ccc(OCC(=O)O)cc1)C(=O)O. The molecule has 0 bridgehead atoms. The number of hydrogen-bond acceptors (Lipinski definition) is 4. The second-order valence-electron chi connectivity index (χ2n) is 4.77. The van der Waals surface area contributed by atoms with Crippen molar-refractivity contribution in [2.24, 2.45) is 5.92 Å². The lowest BCUT2D eigenvalue weighted by atomic mass is 10.0. The molecule has 1 unspecified atom stereocenters. The molecule has 0 amide bonds. The van der Waals surface area contributed by atoms with Gasteiger partial charge in [0.2, 0.25) is 0 Å². The molecular weight excluding hydrogens is 262 g/mol. The summed E-state index contributed by atoms with van der Waals surface area (Å²) in [5.41, 5.74) is 0.902. The first kappa shape index (κ1) is 16.0. The summed E-state index contributed by atoms with van der Waals surface area (Å²) < 4.78 is 5.01. The summed E-state index contributed by atoms with van der Waals surface area (Å²) in [6.07, 6.45) is 0. The summed E-state index contributed by atoms with van der Waals surface area (Å²) in [7, 11) is 0. The Bertz CT molecular complexity index is 455. The topological polar surface area (TPSA) is 95.9 Å². The highest BCUT2D eigenvalue weighted by Crippen LogP contribution is 2.12. The van der Waals surface area contributed by atoms with Crippen LogP contribution in [0.1, 0.15) is 19.4 Å². The molecule has 0 radical (unpaired) electrons. The van der Waals surface area contributed by atoms with Crippen LogP contribution in [0.2, 0.25) is 0 Å². The molecule has 6 heteroatoms. The third kappa shape index (κ3) is 5.27. The van der Waals surface area contributed by atoms with Gasteiger partial charge in [0.15, 0.2) is 6.61 Å². The third-order valence-corrected chi connectivity index (χ3v) is 2.74. The van der Waals surface area contributed by atoms with Crippen molar-refractivity contribution in [2.45, 2.75) is 26.4 Å². The zero-order valence-electron chi connectivity index (χ0n) is 11.5. The monoisotopic (exact) mass is 281 g/mol. The Labute approximate surface area is 117 Å². The standard InChI is InChI=1S/C14H19NO5/c1-9(2)13(14(18)19)15-7-10-3-5-11(6-4-10)20-8-12(16)17/h3-6,9,13,15H,7-8H2,1-2H3,(H,16,17)(H,18,19). The molecule has 0 saturated heterocycles. The van der Waals surface area contributed by atoms with Crippen molar-refractivity contribution in [3.8, 4) is 5.75 Å². The lowest BCUT2D eigenvalue weighted by molar-refractivity contribution is -0.141. The minimum Gasteiger partial charge on any atom is -0.482 e. The first-order valence-electron chi connectivity index (χ1n) is 6.30. The number of benzene rings is 1. The molecule has 0 spiro atoms. The Hall–Kier alpha value is -2.08. The van der Waals surface area contributed by atoms with E-state index in [4.69, 9.17) is 14.9 Å². The highest BCUT2D eigenvalue weighted by molar-refractivity contribution is 5.73. The molecule has 0 aromatic heterocycles. The molecule has 0 heterocycles. The molecule has 0 aliphatic heterocycles. The number of ether oxygens (including phenoxy) is 1. The van der Waals surface area contributed by atoms with E-state index in [9.17, 15) is 9.59 Å². The minimum atomic E-state index is -1.03. The van der Waals surface area contributed by atoms with Gasteiger partial charge in [-0.1, -0.05) is 26.0 Å². The molecule has 0 aliphatic carbocycles. The van der Waals surface area contributed by atoms with Crippen molar-refractivity contribution >= 4 is 11.9 Å². The number of aliphatic carboxylic acids is 2. The van der Waals surface area contributed by atoms with Crippen LogP contribution in [0.25, 0.3) is 0 Å². The molecule has 1 rings (SSSR count). The average molecular weight is 281 g/mol. The summed E-state index contributed by atoms with van der Waals surface area (Å²) in [6.45, 7) is 3.73. The molecule has 0 aliphatic rings. The van der Waals surface area contributed by atoms with Gasteiger partial charge >= 0.3 is 11.9 Å². The number of hydrogen-bond donors (Lipinski definition) is 3. The van der Waals surface area contributed by atoms with Crippen LogP contribution in [0.15, 0.2) is 24.3 Å². The molecule has 1 aromatic rings. The van der Waals surface area contributed by atoms with Crippen molar-refractivity contribution in [3.05, 3.63) is 29.8 Å². The highest BCUT2D eigenvalue weighted by Gasteiger charge is 2.20. The molecule has 20 heavy (non-hydrogen) atoms. The van der Waals surface area contributed by atoms with Crippen LogP contribution in [0, 0.1) is 5.92 Å². The molecule has 110 valence electrons. The zero-order chi connectivity index (χ0) is 15.1. The van der Waals surface area contributed by atoms with Gasteiger partial charge in [0.05, 0.1) is 0 Å². The highest BCUT2D eigenvalue weighted by atomic mass is 16.5. The first-order chi connectivity index (χ1) is 9.40. The van der Waals surface area contributed by atoms with Crippen LogP contribution < -0.4 is 10.1 Å². The Morgan fingerprint density at radius 2 is 1.80 bits per heavy atom. The van der Waals surface area contributed by atoms with Gasteiger partial charge in [-0.25, -0.2) is 4.79 Å². The first-order valence-corrected chi connectivity index (χ1v) is 6.30. The van der Waals surface area contributed by atoms with Crippen LogP contribution >= 0.6 is 0 Å². The van der Waals surface area contributed by atoms with Crippen LogP contribution in [-0.4, -0.2) is 34.8 Å². The maximum absolute atomic E-state index is 11.0. The van der Waals surface area contributed by atoms with E-state index in [1.807, 2.05) is 13.8 Å². The lowest BCUT2D eigenvalue weighted by Crippen LogP contribution is -2.40. The third-order valence-electron chi connectivity index (χ3n) is 2.74. The van der Waals surface area contributed by atoms with Gasteiger partial charge in [0, 0.05) is 6.54 Å². The normalized spacial score (nSPS) is 12.2. The average Bonchev–Trinajstić information content (AvgIpc) is 2.37. The fraction of sp³-hybridized carbons (Fsp3) is 0.429. The van der Waals surface area contributed by atoms with Crippen LogP contribution in [0.4, 0.5) is 0 Å². The molecule has 1 atom stereocenters. The van der Waals surface area contributed by atoms with E-state index in [0.717, 1.165) is 5.56 Å². The van der Waals surface area contributed by atoms with Gasteiger partial charge in [-0.3, -0.25) is 4.79 Å². The molecule has 6 nitrogen and oxygen atoms in total. The predicted molar refractivity (Wildman–Crippen MR) is 72.7 cm³/mol. The summed E-state index contributed by atoms with van der Waals surface area (Å²) in [5, 5.41) is 20.5. The van der Waals surface area contributed by atoms with Gasteiger partial charge < -0.3 is 20.3 Å². The number of nitrogens with one attached hydrogen (secondary N) is 1. The van der Waals surface area contributed by atoms with Crippen molar-refractivity contribution in [1.29, 1.82) is 0 Å². The van der Waals surface area contributed by atoms with E-state index in [2.05, 4.69) is 5.32 Å². The van der Waals surface area contributed by atoms with Crippen LogP contribution in [0.5, 0.6) is 5.75 Å². The lowest BCUT2D eigenvalue weighted by Gasteiger charge is -2.18. The number of carboxylic acids is 2. The number of carbonyl (C=O) groups is 2. The summed E-state index contributed by atoms with van der Waals surface area (Å²) in [6, 6.07) is 6.25. The molecule has 0 fully saturated rings. The van der Waals surface area contributed by atoms with E-state index in [1.165, 1.54) is 0 Å². The van der Waals surface area contributed by atoms with Gasteiger partial charge in [-0.05, 0) is 23.6 Å². The molecule has 3 N–H and O–H groups in total. The number of rotatable bonds is 8. The van der Waals surface area contributed by atoms with Crippen molar-refractivity contribution < 1.29 is 24.5 Å². The van der Waals surface area contributed by atoms with E-state index in [-0.39, 0.29) is 12.5 Å². The molecule has 0 saturated carbocycles. The van der Waals surface area contributed by atoms with E-state index in [0.29, 0.717) is 12.3 Å². The fourth-order valence-electron chi connectivity index (χ4n) is 1.68. The van der Waals surface area contributed by atoms with Gasteiger partial charge in [0.25, 0.3) is 0 Å². The van der Waals surface area contributed by atoms with E-state index >= 15 is 0 Å². The zero-order valence-corrected chi connectivity index (χ0v) is 11.5. The van der Waals surface area contributed by atoms with Crippen LogP contribution in [-0.2, 0) is 16.1 Å². The Morgan fingerprint density at radius 3 is 2.25 bits per heavy atom. The predicted octanol–water partition coefficient (Wildman–Crippen LogP) is 1.35. The maximum atomic E-state index is 11.0. The van der Waals surface area contributed by atoms with Crippen molar-refractivity contribution in [1.82, 2.24) is 5.32 Å². The second kappa shape index (κ2) is 7.49. The minimum absolute atomic E-state index is 0.00864. The Balaban J connectivity index is 2.52. The van der Waals surface area contributed by atoms with E-state index < -0.39 is 18.0 Å². The van der Waals surface area contributed by atoms with Crippen molar-refractivity contribution in [3.63, 3.8) is 0 Å². The van der Waals surface area contributed by atoms with Gasteiger partial charge in [-0.2, -0.15) is 0 Å². The second-order valence-corrected chi connectivity index (χ2v) is 4.77. The fourth-order valence-corrected chi connectivity index (χ4v) is 1.68. The maximum Gasteiger partial charge on any atom is 0.341 e. The Morgan fingerprint density at radius 1 is 1.20 bits per heavy atom. The van der Waals surface area contributed by atoms with Crippen LogP contribution in [0.3, 0.4) is 0 Å². The number of carboxylic acid groups (broad SMARTS) is 2. The summed E-state index contributed by atoms with van der Waals surface area (Å²) >= 11 is 0. The summed E-state index contributed by atoms with van der Waals surface area (Å²) in [5.74, 6) is -1.45. The smallest absolute Gasteiger partial charge is 0.341 e. The van der Waals surface area contributed by atoms with Gasteiger partial charge in [0.1, 0.15) is 11.8 Å². The van der Waals surface area contributed by atoms with E-state index in [1.54, 1.807) is 24.3 Å².